The van der Waals surface area contributed by atoms with Crippen molar-refractivity contribution in [2.24, 2.45) is 4.99 Å². The molecule has 0 amide bonds. The molecule has 4 aromatic rings. The van der Waals surface area contributed by atoms with Crippen molar-refractivity contribution in [3.05, 3.63) is 93.0 Å². The van der Waals surface area contributed by atoms with Crippen molar-refractivity contribution in [2.75, 3.05) is 0 Å². The first-order chi connectivity index (χ1) is 14.1. The highest BCUT2D eigenvalue weighted by atomic mass is 79.9. The molecule has 0 unspecified atom stereocenters. The minimum atomic E-state index is -0.416. The van der Waals surface area contributed by atoms with Crippen LogP contribution in [0.3, 0.4) is 0 Å². The number of aliphatic imine (C=N–C) groups is 1. The van der Waals surface area contributed by atoms with Gasteiger partial charge in [-0.1, -0.05) is 40.2 Å². The zero-order valence-corrected chi connectivity index (χ0v) is 16.6. The molecule has 0 N–H and O–H groups in total. The van der Waals surface area contributed by atoms with Crippen LogP contribution in [0, 0.1) is 10.1 Å². The third kappa shape index (κ3) is 4.47. The summed E-state index contributed by atoms with van der Waals surface area (Å²) in [5.74, 6) is 0.549. The van der Waals surface area contributed by atoms with Crippen LogP contribution in [0.5, 0.6) is 0 Å². The van der Waals surface area contributed by atoms with Crippen LogP contribution in [-0.2, 0) is 0 Å². The number of rotatable bonds is 5. The standard InChI is InChI=1S/C22H14BrN3O3/c23-17-7-2-6-16(13-17)22-25-20-14-18(9-10-21(20)29-22)24-11-3-5-15-4-1-8-19(12-15)26(27)28/h1-14H. The van der Waals surface area contributed by atoms with Crippen LogP contribution in [0.1, 0.15) is 5.56 Å². The Hall–Kier alpha value is -3.58. The van der Waals surface area contributed by atoms with Gasteiger partial charge < -0.3 is 4.42 Å². The van der Waals surface area contributed by atoms with E-state index in [1.807, 2.05) is 42.5 Å². The Kier molecular flexibility index (Phi) is 5.31. The summed E-state index contributed by atoms with van der Waals surface area (Å²) in [6, 6.07) is 19.7. The first kappa shape index (κ1) is 18.8. The number of nitro benzene ring substituents is 1. The lowest BCUT2D eigenvalue weighted by Gasteiger charge is -1.94. The van der Waals surface area contributed by atoms with Crippen molar-refractivity contribution in [1.82, 2.24) is 4.98 Å². The van der Waals surface area contributed by atoms with Gasteiger partial charge >= 0.3 is 0 Å². The summed E-state index contributed by atoms with van der Waals surface area (Å²) >= 11 is 3.45. The minimum Gasteiger partial charge on any atom is -0.436 e. The van der Waals surface area contributed by atoms with Gasteiger partial charge in [0.1, 0.15) is 5.52 Å². The van der Waals surface area contributed by atoms with E-state index in [1.165, 1.54) is 12.1 Å². The van der Waals surface area contributed by atoms with Gasteiger partial charge in [-0.15, -0.1) is 0 Å². The van der Waals surface area contributed by atoms with Gasteiger partial charge in [0.2, 0.25) is 5.89 Å². The average molecular weight is 448 g/mol. The van der Waals surface area contributed by atoms with Gasteiger partial charge in [0.05, 0.1) is 10.6 Å². The summed E-state index contributed by atoms with van der Waals surface area (Å²) < 4.78 is 6.78. The highest BCUT2D eigenvalue weighted by Crippen LogP contribution is 2.28. The maximum atomic E-state index is 10.8. The lowest BCUT2D eigenvalue weighted by molar-refractivity contribution is -0.384. The fourth-order valence-corrected chi connectivity index (χ4v) is 3.17. The minimum absolute atomic E-state index is 0.0572. The topological polar surface area (TPSA) is 81.5 Å². The molecule has 0 bridgehead atoms. The van der Waals surface area contributed by atoms with Crippen LogP contribution >= 0.6 is 15.9 Å². The third-order valence-electron chi connectivity index (χ3n) is 4.12. The Morgan fingerprint density at radius 2 is 1.93 bits per heavy atom. The second-order valence-electron chi connectivity index (χ2n) is 6.17. The van der Waals surface area contributed by atoms with Crippen LogP contribution < -0.4 is 0 Å². The Balaban J connectivity index is 1.52. The summed E-state index contributed by atoms with van der Waals surface area (Å²) in [5.41, 5.74) is 3.82. The van der Waals surface area contributed by atoms with E-state index < -0.39 is 4.92 Å². The van der Waals surface area contributed by atoms with E-state index >= 15 is 0 Å². The monoisotopic (exact) mass is 447 g/mol. The number of halogens is 1. The van der Waals surface area contributed by atoms with Crippen LogP contribution in [0.15, 0.2) is 86.7 Å². The van der Waals surface area contributed by atoms with Crippen LogP contribution in [0.25, 0.3) is 28.6 Å². The Morgan fingerprint density at radius 1 is 1.07 bits per heavy atom. The molecule has 7 heteroatoms. The normalized spacial score (nSPS) is 11.6. The molecule has 0 fully saturated rings. The van der Waals surface area contributed by atoms with Crippen molar-refractivity contribution in [1.29, 1.82) is 0 Å². The molecule has 0 aliphatic rings. The van der Waals surface area contributed by atoms with E-state index in [0.29, 0.717) is 11.5 Å². The third-order valence-corrected chi connectivity index (χ3v) is 4.62. The number of hydrogen-bond acceptors (Lipinski definition) is 5. The van der Waals surface area contributed by atoms with Crippen molar-refractivity contribution in [3.63, 3.8) is 0 Å². The summed E-state index contributed by atoms with van der Waals surface area (Å²) in [5, 5.41) is 10.8. The van der Waals surface area contributed by atoms with E-state index in [-0.39, 0.29) is 5.69 Å². The number of hydrogen-bond donors (Lipinski definition) is 0. The quantitative estimate of drug-likeness (QED) is 0.196. The fourth-order valence-electron chi connectivity index (χ4n) is 2.77. The molecule has 0 spiro atoms. The van der Waals surface area contributed by atoms with Gasteiger partial charge in [-0.3, -0.25) is 15.1 Å². The number of non-ortho nitro benzene ring substituents is 1. The molecule has 0 saturated heterocycles. The molecule has 1 heterocycles. The van der Waals surface area contributed by atoms with Gasteiger partial charge in [0.25, 0.3) is 5.69 Å². The molecule has 142 valence electrons. The maximum absolute atomic E-state index is 10.8. The highest BCUT2D eigenvalue weighted by molar-refractivity contribution is 9.10. The smallest absolute Gasteiger partial charge is 0.270 e. The molecular formula is C22H14BrN3O3. The molecule has 0 atom stereocenters. The van der Waals surface area contributed by atoms with Gasteiger partial charge in [-0.05, 0) is 48.0 Å². The molecular weight excluding hydrogens is 434 g/mol. The highest BCUT2D eigenvalue weighted by Gasteiger charge is 2.09. The number of fused-ring (bicyclic) bond motifs is 1. The Bertz CT molecular complexity index is 1260. The first-order valence-electron chi connectivity index (χ1n) is 8.70. The van der Waals surface area contributed by atoms with Gasteiger partial charge in [-0.25, -0.2) is 4.98 Å². The number of aromatic nitrogens is 1. The SMILES string of the molecule is O=[N+]([O-])c1cccc(C=CC=Nc2ccc3oc(-c4cccc(Br)c4)nc3c2)c1. The summed E-state index contributed by atoms with van der Waals surface area (Å²) in [7, 11) is 0. The molecule has 1 aromatic heterocycles. The van der Waals surface area contributed by atoms with Gasteiger partial charge in [0.15, 0.2) is 5.58 Å². The van der Waals surface area contributed by atoms with Crippen molar-refractivity contribution in [3.8, 4) is 11.5 Å². The Morgan fingerprint density at radius 3 is 2.76 bits per heavy atom. The van der Waals surface area contributed by atoms with E-state index in [2.05, 4.69) is 25.9 Å². The van der Waals surface area contributed by atoms with E-state index in [0.717, 1.165) is 26.8 Å². The predicted octanol–water partition coefficient (Wildman–Crippen LogP) is 6.58. The van der Waals surface area contributed by atoms with Crippen LogP contribution in [-0.4, -0.2) is 16.1 Å². The van der Waals surface area contributed by atoms with Gasteiger partial charge in [0, 0.05) is 28.4 Å². The molecule has 3 aromatic carbocycles. The Labute approximate surface area is 174 Å². The van der Waals surface area contributed by atoms with Crippen molar-refractivity contribution in [2.45, 2.75) is 0 Å². The molecule has 0 radical (unpaired) electrons. The molecule has 0 aliphatic heterocycles. The van der Waals surface area contributed by atoms with Crippen molar-refractivity contribution < 1.29 is 9.34 Å². The molecule has 0 aliphatic carbocycles. The van der Waals surface area contributed by atoms with Gasteiger partial charge in [-0.2, -0.15) is 0 Å². The zero-order valence-electron chi connectivity index (χ0n) is 15.0. The summed E-state index contributed by atoms with van der Waals surface area (Å²) in [6.07, 6.45) is 5.13. The fraction of sp³-hybridized carbons (Fsp3) is 0. The number of oxazole rings is 1. The second kappa shape index (κ2) is 8.20. The van der Waals surface area contributed by atoms with Crippen LogP contribution in [0.4, 0.5) is 11.4 Å². The number of nitro groups is 1. The largest absolute Gasteiger partial charge is 0.436 e. The summed E-state index contributed by atoms with van der Waals surface area (Å²) in [6.45, 7) is 0. The van der Waals surface area contributed by atoms with E-state index in [4.69, 9.17) is 4.42 Å². The van der Waals surface area contributed by atoms with E-state index in [1.54, 1.807) is 30.5 Å². The average Bonchev–Trinajstić information content (AvgIpc) is 3.15. The zero-order chi connectivity index (χ0) is 20.2. The lowest BCUT2D eigenvalue weighted by Crippen LogP contribution is -1.87. The van der Waals surface area contributed by atoms with Crippen molar-refractivity contribution >= 4 is 50.7 Å². The maximum Gasteiger partial charge on any atom is 0.270 e. The molecule has 6 nitrogen and oxygen atoms in total. The molecule has 29 heavy (non-hydrogen) atoms. The predicted molar refractivity (Wildman–Crippen MR) is 117 cm³/mol. The molecule has 0 saturated carbocycles. The lowest BCUT2D eigenvalue weighted by atomic mass is 10.2. The number of nitrogens with zero attached hydrogens (tertiary/aromatic N) is 3. The first-order valence-corrected chi connectivity index (χ1v) is 9.49. The molecule has 4 rings (SSSR count). The van der Waals surface area contributed by atoms with E-state index in [9.17, 15) is 10.1 Å². The second-order valence-corrected chi connectivity index (χ2v) is 7.09. The van der Waals surface area contributed by atoms with Crippen LogP contribution in [0.2, 0.25) is 0 Å². The number of allylic oxidation sites excluding steroid dienone is 1. The number of benzene rings is 3. The summed E-state index contributed by atoms with van der Waals surface area (Å²) in [4.78, 5) is 19.3.